The predicted molar refractivity (Wildman–Crippen MR) is 57.5 cm³/mol. The lowest BCUT2D eigenvalue weighted by molar-refractivity contribution is -0.143. The number of carboxylic acids is 1. The molecule has 3 N–H and O–H groups in total. The summed E-state index contributed by atoms with van der Waals surface area (Å²) in [5, 5.41) is 14.3. The van der Waals surface area contributed by atoms with Gasteiger partial charge in [0.15, 0.2) is 0 Å². The van der Waals surface area contributed by atoms with Crippen LogP contribution in [0.3, 0.4) is 0 Å². The van der Waals surface area contributed by atoms with E-state index < -0.39 is 12.0 Å². The van der Waals surface area contributed by atoms with Crippen LogP contribution < -0.4 is 10.6 Å². The monoisotopic (exact) mass is 216 g/mol. The second-order valence-electron chi connectivity index (χ2n) is 4.03. The van der Waals surface area contributed by atoms with Gasteiger partial charge in [0.2, 0.25) is 5.91 Å². The van der Waals surface area contributed by atoms with Gasteiger partial charge in [-0.25, -0.2) is 4.79 Å². The minimum absolute atomic E-state index is 0.117. The Labute approximate surface area is 90.2 Å². The summed E-state index contributed by atoms with van der Waals surface area (Å²) in [6.07, 6.45) is 0. The molecule has 1 amide bonds. The van der Waals surface area contributed by atoms with Crippen molar-refractivity contribution < 1.29 is 14.7 Å². The molecule has 0 bridgehead atoms. The van der Waals surface area contributed by atoms with Gasteiger partial charge in [0.05, 0.1) is 0 Å². The van der Waals surface area contributed by atoms with Gasteiger partial charge in [-0.2, -0.15) is 0 Å². The average Bonchev–Trinajstić information content (AvgIpc) is 2.12. The van der Waals surface area contributed by atoms with Crippen LogP contribution in [0.2, 0.25) is 0 Å². The average molecular weight is 216 g/mol. The molecule has 0 aliphatic heterocycles. The lowest BCUT2D eigenvalue weighted by Gasteiger charge is -2.20. The number of carboxylic acid groups (broad SMARTS) is 1. The SMILES string of the molecule is CNCC(C)C(=O)NC(C(=O)O)C(C)C. The molecule has 0 heterocycles. The molecule has 0 saturated heterocycles. The normalized spacial score (nSPS) is 14.7. The molecule has 0 saturated carbocycles. The smallest absolute Gasteiger partial charge is 0.326 e. The van der Waals surface area contributed by atoms with Gasteiger partial charge in [0.1, 0.15) is 6.04 Å². The third-order valence-corrected chi connectivity index (χ3v) is 2.19. The highest BCUT2D eigenvalue weighted by atomic mass is 16.4. The standard InChI is InChI=1S/C10H20N2O3/c1-6(2)8(10(14)15)12-9(13)7(3)5-11-4/h6-8,11H,5H2,1-4H3,(H,12,13)(H,14,15). The van der Waals surface area contributed by atoms with Crippen molar-refractivity contribution in [2.24, 2.45) is 11.8 Å². The highest BCUT2D eigenvalue weighted by Gasteiger charge is 2.25. The van der Waals surface area contributed by atoms with Crippen LogP contribution in [0, 0.1) is 11.8 Å². The Morgan fingerprint density at radius 2 is 1.80 bits per heavy atom. The number of amides is 1. The van der Waals surface area contributed by atoms with Gasteiger partial charge in [-0.05, 0) is 13.0 Å². The zero-order valence-corrected chi connectivity index (χ0v) is 9.70. The van der Waals surface area contributed by atoms with Crippen molar-refractivity contribution >= 4 is 11.9 Å². The quantitative estimate of drug-likeness (QED) is 0.587. The highest BCUT2D eigenvalue weighted by molar-refractivity contribution is 5.85. The lowest BCUT2D eigenvalue weighted by Crippen LogP contribution is -2.47. The molecule has 5 heteroatoms. The Morgan fingerprint density at radius 3 is 2.13 bits per heavy atom. The van der Waals surface area contributed by atoms with Crippen LogP contribution in [0.15, 0.2) is 0 Å². The number of rotatable bonds is 6. The zero-order valence-electron chi connectivity index (χ0n) is 9.70. The molecule has 88 valence electrons. The van der Waals surface area contributed by atoms with E-state index in [9.17, 15) is 9.59 Å². The number of aliphatic carboxylic acids is 1. The molecule has 5 nitrogen and oxygen atoms in total. The van der Waals surface area contributed by atoms with Crippen molar-refractivity contribution in [2.45, 2.75) is 26.8 Å². The van der Waals surface area contributed by atoms with Crippen molar-refractivity contribution in [2.75, 3.05) is 13.6 Å². The molecule has 0 rings (SSSR count). The van der Waals surface area contributed by atoms with E-state index in [4.69, 9.17) is 5.11 Å². The summed E-state index contributed by atoms with van der Waals surface area (Å²) in [7, 11) is 1.75. The molecule has 0 aromatic heterocycles. The second kappa shape index (κ2) is 6.40. The maximum atomic E-state index is 11.5. The van der Waals surface area contributed by atoms with Crippen molar-refractivity contribution in [3.8, 4) is 0 Å². The topological polar surface area (TPSA) is 78.4 Å². The summed E-state index contributed by atoms with van der Waals surface area (Å²) in [5.41, 5.74) is 0. The molecular weight excluding hydrogens is 196 g/mol. The highest BCUT2D eigenvalue weighted by Crippen LogP contribution is 2.03. The van der Waals surface area contributed by atoms with Crippen molar-refractivity contribution in [1.82, 2.24) is 10.6 Å². The summed E-state index contributed by atoms with van der Waals surface area (Å²) in [5.74, 6) is -1.57. The van der Waals surface area contributed by atoms with E-state index >= 15 is 0 Å². The molecule has 0 aromatic carbocycles. The van der Waals surface area contributed by atoms with Gasteiger partial charge in [-0.3, -0.25) is 4.79 Å². The number of hydrogen-bond donors (Lipinski definition) is 3. The first-order valence-electron chi connectivity index (χ1n) is 5.08. The number of nitrogens with one attached hydrogen (secondary N) is 2. The molecule has 0 spiro atoms. The van der Waals surface area contributed by atoms with Gasteiger partial charge in [-0.15, -0.1) is 0 Å². The van der Waals surface area contributed by atoms with Crippen LogP contribution in [0.4, 0.5) is 0 Å². The maximum absolute atomic E-state index is 11.5. The third-order valence-electron chi connectivity index (χ3n) is 2.19. The Bertz CT molecular complexity index is 229. The van der Waals surface area contributed by atoms with Crippen LogP contribution in [-0.2, 0) is 9.59 Å². The van der Waals surface area contributed by atoms with Crippen LogP contribution in [-0.4, -0.2) is 36.6 Å². The van der Waals surface area contributed by atoms with Crippen molar-refractivity contribution in [3.63, 3.8) is 0 Å². The summed E-state index contributed by atoms with van der Waals surface area (Å²) in [4.78, 5) is 22.4. The molecule has 0 aliphatic rings. The van der Waals surface area contributed by atoms with Gasteiger partial charge >= 0.3 is 5.97 Å². The molecule has 0 radical (unpaired) electrons. The van der Waals surface area contributed by atoms with E-state index in [1.165, 1.54) is 0 Å². The Balaban J connectivity index is 4.29. The fourth-order valence-corrected chi connectivity index (χ4v) is 1.21. The van der Waals surface area contributed by atoms with E-state index in [0.717, 1.165) is 0 Å². The molecule has 2 unspecified atom stereocenters. The second-order valence-corrected chi connectivity index (χ2v) is 4.03. The first-order chi connectivity index (χ1) is 6.90. The van der Waals surface area contributed by atoms with E-state index in [1.54, 1.807) is 27.8 Å². The van der Waals surface area contributed by atoms with Gasteiger partial charge < -0.3 is 15.7 Å². The number of carbonyl (C=O) groups is 2. The molecule has 0 aromatic rings. The fourth-order valence-electron chi connectivity index (χ4n) is 1.21. The fraction of sp³-hybridized carbons (Fsp3) is 0.800. The molecule has 15 heavy (non-hydrogen) atoms. The molecular formula is C10H20N2O3. The first kappa shape index (κ1) is 13.9. The first-order valence-corrected chi connectivity index (χ1v) is 5.08. The number of carbonyl (C=O) groups excluding carboxylic acids is 1. The van der Waals surface area contributed by atoms with Crippen LogP contribution in [0.1, 0.15) is 20.8 Å². The van der Waals surface area contributed by atoms with Gasteiger partial charge in [0, 0.05) is 12.5 Å². The Morgan fingerprint density at radius 1 is 1.27 bits per heavy atom. The van der Waals surface area contributed by atoms with Crippen molar-refractivity contribution in [3.05, 3.63) is 0 Å². The summed E-state index contributed by atoms with van der Waals surface area (Å²) in [6, 6.07) is -0.809. The van der Waals surface area contributed by atoms with Crippen LogP contribution >= 0.6 is 0 Å². The molecule has 2 atom stereocenters. The largest absolute Gasteiger partial charge is 0.480 e. The summed E-state index contributed by atoms with van der Waals surface area (Å²) < 4.78 is 0. The van der Waals surface area contributed by atoms with Crippen LogP contribution in [0.5, 0.6) is 0 Å². The Kier molecular flexibility index (Phi) is 5.93. The Hall–Kier alpha value is -1.10. The number of hydrogen-bond acceptors (Lipinski definition) is 3. The van der Waals surface area contributed by atoms with E-state index in [-0.39, 0.29) is 17.7 Å². The molecule has 0 fully saturated rings. The zero-order chi connectivity index (χ0) is 12.0. The lowest BCUT2D eigenvalue weighted by atomic mass is 10.0. The minimum atomic E-state index is -0.991. The van der Waals surface area contributed by atoms with Crippen LogP contribution in [0.25, 0.3) is 0 Å². The van der Waals surface area contributed by atoms with E-state index in [1.807, 2.05) is 0 Å². The summed E-state index contributed by atoms with van der Waals surface area (Å²) in [6.45, 7) is 5.82. The van der Waals surface area contributed by atoms with Gasteiger partial charge in [-0.1, -0.05) is 20.8 Å². The maximum Gasteiger partial charge on any atom is 0.326 e. The van der Waals surface area contributed by atoms with E-state index in [2.05, 4.69) is 10.6 Å². The predicted octanol–water partition coefficient (Wildman–Crippen LogP) is 0.0673. The minimum Gasteiger partial charge on any atom is -0.480 e. The van der Waals surface area contributed by atoms with Crippen molar-refractivity contribution in [1.29, 1.82) is 0 Å². The van der Waals surface area contributed by atoms with E-state index in [0.29, 0.717) is 6.54 Å². The third kappa shape index (κ3) is 4.78. The molecule has 0 aliphatic carbocycles. The van der Waals surface area contributed by atoms with Gasteiger partial charge in [0.25, 0.3) is 0 Å². The summed E-state index contributed by atoms with van der Waals surface area (Å²) >= 11 is 0.